The summed E-state index contributed by atoms with van der Waals surface area (Å²) in [6, 6.07) is 20.2. The van der Waals surface area contributed by atoms with Crippen molar-refractivity contribution in [3.63, 3.8) is 0 Å². The van der Waals surface area contributed by atoms with Gasteiger partial charge in [-0.2, -0.15) is 5.26 Å². The molecule has 0 radical (unpaired) electrons. The van der Waals surface area contributed by atoms with Crippen LogP contribution in [0.3, 0.4) is 0 Å². The van der Waals surface area contributed by atoms with Gasteiger partial charge in [0.25, 0.3) is 0 Å². The van der Waals surface area contributed by atoms with Crippen molar-refractivity contribution in [2.45, 2.75) is 75.8 Å². The van der Waals surface area contributed by atoms with Crippen molar-refractivity contribution in [2.24, 2.45) is 5.92 Å². The zero-order valence-electron chi connectivity index (χ0n) is 33.9. The van der Waals surface area contributed by atoms with Gasteiger partial charge in [0.2, 0.25) is 21.8 Å². The molecule has 2 aliphatic heterocycles. The number of aliphatic hydroxyl groups excluding tert-OH is 1. The van der Waals surface area contributed by atoms with Crippen LogP contribution in [0.5, 0.6) is 0 Å². The fourth-order valence-electron chi connectivity index (χ4n) is 9.43. The van der Waals surface area contributed by atoms with Crippen molar-refractivity contribution in [3.05, 3.63) is 99.8 Å². The second-order valence-corrected chi connectivity index (χ2v) is 19.9. The molecule has 13 nitrogen and oxygen atoms in total. The van der Waals surface area contributed by atoms with Crippen LogP contribution in [0.1, 0.15) is 72.9 Å². The molecule has 0 spiro atoms. The third-order valence-corrected chi connectivity index (χ3v) is 15.8. The monoisotopic (exact) mass is 856 g/mol. The Kier molecular flexibility index (Phi) is 9.88. The second-order valence-electron chi connectivity index (χ2n) is 17.3. The van der Waals surface area contributed by atoms with Gasteiger partial charge in [-0.1, -0.05) is 35.9 Å². The molecule has 0 unspecified atom stereocenters. The number of oxazole rings is 1. The summed E-state index contributed by atoms with van der Waals surface area (Å²) >= 11 is 7.19. The van der Waals surface area contributed by atoms with Gasteiger partial charge in [0.15, 0.2) is 11.4 Å². The van der Waals surface area contributed by atoms with Crippen LogP contribution < -0.4 is 10.0 Å². The minimum absolute atomic E-state index is 0.0250. The number of halogens is 1. The van der Waals surface area contributed by atoms with Crippen LogP contribution in [-0.2, 0) is 27.8 Å². The number of anilines is 2. The molecular formula is C46H45ClN8O5S. The summed E-state index contributed by atoms with van der Waals surface area (Å²) < 4.78 is 33.5. The third kappa shape index (κ3) is 7.12. The Morgan fingerprint density at radius 1 is 1.05 bits per heavy atom. The number of nitrogens with one attached hydrogen (secondary N) is 2. The Balaban J connectivity index is 0.904. The van der Waals surface area contributed by atoms with Crippen molar-refractivity contribution < 1.29 is 22.7 Å². The van der Waals surface area contributed by atoms with Crippen molar-refractivity contribution >= 4 is 61.0 Å². The molecule has 5 heterocycles. The predicted molar refractivity (Wildman–Crippen MR) is 234 cm³/mol. The lowest BCUT2D eigenvalue weighted by Gasteiger charge is -2.25. The number of aromatic nitrogens is 3. The number of sulfonamides is 1. The highest BCUT2D eigenvalue weighted by molar-refractivity contribution is 7.91. The first-order chi connectivity index (χ1) is 29.4. The van der Waals surface area contributed by atoms with Crippen LogP contribution in [0.2, 0.25) is 5.02 Å². The average Bonchev–Trinajstić information content (AvgIpc) is 3.70. The molecule has 2 aliphatic carbocycles. The highest BCUT2D eigenvalue weighted by Gasteiger charge is 2.51. The van der Waals surface area contributed by atoms with Crippen LogP contribution in [0.25, 0.3) is 44.6 Å². The second kappa shape index (κ2) is 15.2. The van der Waals surface area contributed by atoms with Crippen LogP contribution in [0.15, 0.2) is 71.4 Å². The Hall–Kier alpha value is -5.43. The SMILES string of the molecule is Cc1c(-c2nc3cc4c(c(C#N)c3o2)CC[C@H]4N2CC[C@@H](C(=O)NS(=O)(=O)C3(C)CC3)C2)cccc1-c1cccc(Nc2nccc3cc(CN4CC[C@@H](O)C4)cnc23)c1Cl. The number of β-amino-alcohol motifs (C(OH)–C–C–N with tert-alkyl or cyclic N) is 1. The van der Waals surface area contributed by atoms with Crippen molar-refractivity contribution in [1.29, 1.82) is 5.26 Å². The van der Waals surface area contributed by atoms with E-state index in [0.717, 1.165) is 75.8 Å². The zero-order chi connectivity index (χ0) is 42.2. The standard InChI is InChI=1S/C46H45ClN8O5S/c1-26-31(34-7-4-8-37(40(34)47)51-43-41-28(11-16-49-43)19-27(22-50-41)23-54-17-13-30(56)25-54)5-3-6-32(26)45-52-38-20-35-33(36(21-48)42(38)60-45)9-10-39(35)55-18-12-29(24-55)44(57)53-61(58,59)46(2)14-15-46/h3-8,11,16,19-20,22,29-30,39,56H,9-10,12-15,17-18,23-25H2,1-2H3,(H,49,51)(H,53,57)/t29-,30-,39-/m1/s1. The molecule has 2 saturated heterocycles. The maximum Gasteiger partial charge on any atom is 0.240 e. The lowest BCUT2D eigenvalue weighted by molar-refractivity contribution is -0.122. The summed E-state index contributed by atoms with van der Waals surface area (Å²) in [5, 5.41) is 25.3. The van der Waals surface area contributed by atoms with Gasteiger partial charge in [0, 0.05) is 61.1 Å². The van der Waals surface area contributed by atoms with Crippen LogP contribution in [0.4, 0.5) is 11.5 Å². The van der Waals surface area contributed by atoms with Gasteiger partial charge in [-0.25, -0.2) is 18.4 Å². The molecule has 10 rings (SSSR count). The van der Waals surface area contributed by atoms with Crippen LogP contribution >= 0.6 is 11.6 Å². The molecule has 3 fully saturated rings. The van der Waals surface area contributed by atoms with E-state index in [0.29, 0.717) is 84.4 Å². The van der Waals surface area contributed by atoms with E-state index in [1.165, 1.54) is 0 Å². The Bertz CT molecular complexity index is 2930. The van der Waals surface area contributed by atoms with E-state index in [-0.39, 0.29) is 12.1 Å². The summed E-state index contributed by atoms with van der Waals surface area (Å²) in [7, 11) is -3.70. The van der Waals surface area contributed by atoms with E-state index in [4.69, 9.17) is 26.0 Å². The van der Waals surface area contributed by atoms with E-state index in [1.54, 1.807) is 13.1 Å². The maximum absolute atomic E-state index is 13.1. The van der Waals surface area contributed by atoms with Crippen molar-refractivity contribution in [3.8, 4) is 28.7 Å². The van der Waals surface area contributed by atoms with E-state index in [9.17, 15) is 23.6 Å². The number of carbonyl (C=O) groups excluding carboxylic acids is 1. The Morgan fingerprint density at radius 2 is 1.85 bits per heavy atom. The maximum atomic E-state index is 13.1. The average molecular weight is 857 g/mol. The number of hydrogen-bond acceptors (Lipinski definition) is 12. The number of benzene rings is 3. The number of nitriles is 1. The van der Waals surface area contributed by atoms with Crippen LogP contribution in [-0.4, -0.2) is 81.2 Å². The number of aliphatic hydroxyl groups is 1. The molecule has 6 aromatic rings. The molecule has 1 saturated carbocycles. The molecule has 3 aromatic heterocycles. The molecule has 1 amide bonds. The summed E-state index contributed by atoms with van der Waals surface area (Å²) in [6.45, 7) is 7.03. The van der Waals surface area contributed by atoms with Gasteiger partial charge in [0.05, 0.1) is 27.5 Å². The van der Waals surface area contributed by atoms with E-state index < -0.39 is 26.6 Å². The number of fused-ring (bicyclic) bond motifs is 3. The summed E-state index contributed by atoms with van der Waals surface area (Å²) in [5.74, 6) is 0.116. The van der Waals surface area contributed by atoms with Gasteiger partial charge in [0.1, 0.15) is 22.7 Å². The minimum atomic E-state index is -3.70. The molecule has 15 heteroatoms. The molecular weight excluding hydrogens is 812 g/mol. The first-order valence-electron chi connectivity index (χ1n) is 20.9. The van der Waals surface area contributed by atoms with E-state index >= 15 is 0 Å². The number of carbonyl (C=O) groups is 1. The number of rotatable bonds is 10. The first-order valence-corrected chi connectivity index (χ1v) is 22.7. The molecule has 3 N–H and O–H groups in total. The number of nitrogens with zero attached hydrogens (tertiary/aromatic N) is 6. The number of amides is 1. The Morgan fingerprint density at radius 3 is 2.64 bits per heavy atom. The van der Waals surface area contributed by atoms with Gasteiger partial charge < -0.3 is 14.8 Å². The van der Waals surface area contributed by atoms with Gasteiger partial charge in [-0.15, -0.1) is 0 Å². The van der Waals surface area contributed by atoms with Gasteiger partial charge in [-0.05, 0) is 117 Å². The fraction of sp³-hybridized carbons (Fsp3) is 0.370. The Labute approximate surface area is 358 Å². The summed E-state index contributed by atoms with van der Waals surface area (Å²) in [5.41, 5.74) is 9.28. The normalized spacial score (nSPS) is 21.2. The summed E-state index contributed by atoms with van der Waals surface area (Å²) in [6.07, 6.45) is 7.29. The molecule has 0 bridgehead atoms. The smallest absolute Gasteiger partial charge is 0.240 e. The zero-order valence-corrected chi connectivity index (χ0v) is 35.5. The fourth-order valence-corrected chi connectivity index (χ4v) is 11.0. The lowest BCUT2D eigenvalue weighted by atomic mass is 9.96. The molecule has 3 aromatic carbocycles. The quantitative estimate of drug-likeness (QED) is 0.123. The topological polar surface area (TPSA) is 178 Å². The first kappa shape index (κ1) is 39.7. The number of pyridine rings is 2. The highest BCUT2D eigenvalue weighted by atomic mass is 35.5. The van der Waals surface area contributed by atoms with E-state index in [1.807, 2.05) is 61.7 Å². The van der Waals surface area contributed by atoms with Gasteiger partial charge in [-0.3, -0.25) is 24.3 Å². The van der Waals surface area contributed by atoms with Crippen molar-refractivity contribution in [1.82, 2.24) is 29.5 Å². The van der Waals surface area contributed by atoms with E-state index in [2.05, 4.69) is 37.0 Å². The number of likely N-dealkylation sites (tertiary alicyclic amines) is 2. The largest absolute Gasteiger partial charge is 0.435 e. The third-order valence-electron chi connectivity index (χ3n) is 13.2. The minimum Gasteiger partial charge on any atom is -0.435 e. The molecule has 3 atom stereocenters. The van der Waals surface area contributed by atoms with Crippen molar-refractivity contribution in [2.75, 3.05) is 31.5 Å². The molecule has 4 aliphatic rings. The molecule has 61 heavy (non-hydrogen) atoms. The highest BCUT2D eigenvalue weighted by Crippen LogP contribution is 2.45. The number of hydrogen-bond donors (Lipinski definition) is 3. The van der Waals surface area contributed by atoms with Crippen LogP contribution in [0, 0.1) is 24.2 Å². The molecule has 312 valence electrons. The van der Waals surface area contributed by atoms with Gasteiger partial charge >= 0.3 is 0 Å². The lowest BCUT2D eigenvalue weighted by Crippen LogP contribution is -2.42. The predicted octanol–water partition coefficient (Wildman–Crippen LogP) is 7.56. The summed E-state index contributed by atoms with van der Waals surface area (Å²) in [4.78, 5) is 31.9.